The molecule has 10 heteroatoms. The van der Waals surface area contributed by atoms with E-state index in [-0.39, 0.29) is 12.4 Å². The standard InChI is InChI=1S/C12H17N5O5/c13-12(14)15-5-1-2-7(11(21)22)16-8(18)6-17-9(19)3-4-10(17)20/h3-4,7H,1-2,5-6H2,(H,16,18)(H,21,22)(H4,13,14,15). The number of imide groups is 1. The van der Waals surface area contributed by atoms with Crippen LogP contribution in [0.1, 0.15) is 12.8 Å². The fraction of sp³-hybridized carbons (Fsp3) is 0.417. The number of nitrogens with two attached hydrogens (primary N) is 1. The van der Waals surface area contributed by atoms with Crippen molar-refractivity contribution in [3.05, 3.63) is 12.2 Å². The van der Waals surface area contributed by atoms with Gasteiger partial charge in [-0.05, 0) is 12.8 Å². The van der Waals surface area contributed by atoms with Gasteiger partial charge in [-0.2, -0.15) is 0 Å². The SMILES string of the molecule is N=C(N)NCCCC(NC(=O)CN1C(=O)C=CC1=O)C(=O)O. The second-order valence-corrected chi connectivity index (χ2v) is 4.54. The Balaban J connectivity index is 2.43. The lowest BCUT2D eigenvalue weighted by atomic mass is 10.1. The van der Waals surface area contributed by atoms with Gasteiger partial charge in [-0.3, -0.25) is 24.7 Å². The van der Waals surface area contributed by atoms with E-state index in [1.165, 1.54) is 0 Å². The first-order valence-electron chi connectivity index (χ1n) is 6.45. The van der Waals surface area contributed by atoms with E-state index in [1.807, 2.05) is 0 Å². The van der Waals surface area contributed by atoms with E-state index < -0.39 is 36.3 Å². The Morgan fingerprint density at radius 2 is 1.91 bits per heavy atom. The predicted octanol–water partition coefficient (Wildman–Crippen LogP) is -2.26. The molecule has 1 aliphatic rings. The van der Waals surface area contributed by atoms with Crippen molar-refractivity contribution in [2.24, 2.45) is 5.73 Å². The first-order valence-corrected chi connectivity index (χ1v) is 6.45. The van der Waals surface area contributed by atoms with Gasteiger partial charge in [-0.15, -0.1) is 0 Å². The predicted molar refractivity (Wildman–Crippen MR) is 74.6 cm³/mol. The minimum Gasteiger partial charge on any atom is -0.480 e. The van der Waals surface area contributed by atoms with Crippen molar-refractivity contribution in [2.75, 3.05) is 13.1 Å². The lowest BCUT2D eigenvalue weighted by Crippen LogP contribution is -2.47. The summed E-state index contributed by atoms with van der Waals surface area (Å²) >= 11 is 0. The van der Waals surface area contributed by atoms with Gasteiger partial charge in [-0.25, -0.2) is 4.79 Å². The fourth-order valence-corrected chi connectivity index (χ4v) is 1.76. The number of hydrogen-bond donors (Lipinski definition) is 5. The van der Waals surface area contributed by atoms with Crippen LogP contribution in [0.3, 0.4) is 0 Å². The minimum absolute atomic E-state index is 0.113. The van der Waals surface area contributed by atoms with Crippen molar-refractivity contribution < 1.29 is 24.3 Å². The van der Waals surface area contributed by atoms with E-state index in [9.17, 15) is 19.2 Å². The van der Waals surface area contributed by atoms with Crippen LogP contribution in [0.2, 0.25) is 0 Å². The normalized spacial score (nSPS) is 14.8. The zero-order valence-corrected chi connectivity index (χ0v) is 11.7. The van der Waals surface area contributed by atoms with E-state index >= 15 is 0 Å². The Morgan fingerprint density at radius 3 is 2.41 bits per heavy atom. The van der Waals surface area contributed by atoms with E-state index in [0.29, 0.717) is 17.9 Å². The van der Waals surface area contributed by atoms with Crippen molar-refractivity contribution in [3.63, 3.8) is 0 Å². The number of carboxylic acids is 1. The minimum atomic E-state index is -1.23. The van der Waals surface area contributed by atoms with Crippen molar-refractivity contribution in [3.8, 4) is 0 Å². The number of carboxylic acid groups (broad SMARTS) is 1. The molecule has 1 heterocycles. The first-order chi connectivity index (χ1) is 10.3. The molecule has 120 valence electrons. The molecular formula is C12H17N5O5. The van der Waals surface area contributed by atoms with Crippen molar-refractivity contribution in [2.45, 2.75) is 18.9 Å². The average molecular weight is 311 g/mol. The van der Waals surface area contributed by atoms with Crippen LogP contribution < -0.4 is 16.4 Å². The summed E-state index contributed by atoms with van der Waals surface area (Å²) in [5.41, 5.74) is 5.08. The molecule has 1 aliphatic heterocycles. The van der Waals surface area contributed by atoms with Crippen LogP contribution in [0.4, 0.5) is 0 Å². The molecule has 0 fully saturated rings. The van der Waals surface area contributed by atoms with Crippen LogP contribution in [-0.2, 0) is 19.2 Å². The molecule has 0 saturated heterocycles. The molecule has 1 unspecified atom stereocenters. The Hall–Kier alpha value is -2.91. The van der Waals surface area contributed by atoms with E-state index in [0.717, 1.165) is 12.2 Å². The molecule has 1 rings (SSSR count). The number of nitrogens with zero attached hydrogens (tertiary/aromatic N) is 1. The Bertz CT molecular complexity index is 512. The third-order valence-electron chi connectivity index (χ3n) is 2.82. The second-order valence-electron chi connectivity index (χ2n) is 4.54. The highest BCUT2D eigenvalue weighted by molar-refractivity contribution is 6.14. The number of guanidine groups is 1. The van der Waals surface area contributed by atoms with E-state index in [4.69, 9.17) is 16.2 Å². The lowest BCUT2D eigenvalue weighted by Gasteiger charge is -2.17. The second kappa shape index (κ2) is 7.76. The van der Waals surface area contributed by atoms with Gasteiger partial charge in [0.2, 0.25) is 5.91 Å². The average Bonchev–Trinajstić information content (AvgIpc) is 2.73. The lowest BCUT2D eigenvalue weighted by molar-refractivity contribution is -0.143. The summed E-state index contributed by atoms with van der Waals surface area (Å²) in [4.78, 5) is 46.1. The largest absolute Gasteiger partial charge is 0.480 e. The molecular weight excluding hydrogens is 294 g/mol. The van der Waals surface area contributed by atoms with Crippen LogP contribution in [0, 0.1) is 5.41 Å². The van der Waals surface area contributed by atoms with E-state index in [2.05, 4.69) is 10.6 Å². The number of carbonyl (C=O) groups excluding carboxylic acids is 3. The van der Waals surface area contributed by atoms with Gasteiger partial charge in [0.15, 0.2) is 5.96 Å². The van der Waals surface area contributed by atoms with Gasteiger partial charge in [0.05, 0.1) is 0 Å². The molecule has 0 bridgehead atoms. The Kier molecular flexibility index (Phi) is 6.05. The van der Waals surface area contributed by atoms with Crippen molar-refractivity contribution >= 4 is 29.7 Å². The highest BCUT2D eigenvalue weighted by Crippen LogP contribution is 2.03. The maximum absolute atomic E-state index is 11.7. The molecule has 22 heavy (non-hydrogen) atoms. The molecule has 0 aromatic rings. The fourth-order valence-electron chi connectivity index (χ4n) is 1.76. The molecule has 0 aromatic heterocycles. The number of amides is 3. The van der Waals surface area contributed by atoms with Gasteiger partial charge >= 0.3 is 5.97 Å². The summed E-state index contributed by atoms with van der Waals surface area (Å²) in [6.45, 7) is -0.234. The molecule has 0 saturated carbocycles. The summed E-state index contributed by atoms with van der Waals surface area (Å²) in [5.74, 6) is -3.42. The van der Waals surface area contributed by atoms with Crippen LogP contribution in [0.5, 0.6) is 0 Å². The summed E-state index contributed by atoms with van der Waals surface area (Å²) in [6.07, 6.45) is 2.55. The quantitative estimate of drug-likeness (QED) is 0.146. The van der Waals surface area contributed by atoms with Crippen LogP contribution in [0.15, 0.2) is 12.2 Å². The molecule has 3 amide bonds. The van der Waals surface area contributed by atoms with Crippen LogP contribution >= 0.6 is 0 Å². The smallest absolute Gasteiger partial charge is 0.326 e. The van der Waals surface area contributed by atoms with Gasteiger partial charge in [0.25, 0.3) is 11.8 Å². The van der Waals surface area contributed by atoms with Crippen molar-refractivity contribution in [1.82, 2.24) is 15.5 Å². The summed E-state index contributed by atoms with van der Waals surface area (Å²) < 4.78 is 0. The highest BCUT2D eigenvalue weighted by Gasteiger charge is 2.27. The number of hydrogen-bond acceptors (Lipinski definition) is 5. The van der Waals surface area contributed by atoms with Crippen LogP contribution in [-0.4, -0.2) is 58.8 Å². The topological polar surface area (TPSA) is 166 Å². The van der Waals surface area contributed by atoms with Crippen LogP contribution in [0.25, 0.3) is 0 Å². The van der Waals surface area contributed by atoms with Gasteiger partial charge in [0.1, 0.15) is 12.6 Å². The summed E-state index contributed by atoms with van der Waals surface area (Å²) in [5, 5.41) is 20.7. The maximum Gasteiger partial charge on any atom is 0.326 e. The van der Waals surface area contributed by atoms with Crippen molar-refractivity contribution in [1.29, 1.82) is 5.41 Å². The molecule has 0 radical (unpaired) electrons. The van der Waals surface area contributed by atoms with E-state index in [1.54, 1.807) is 0 Å². The zero-order chi connectivity index (χ0) is 16.7. The molecule has 0 aliphatic carbocycles. The first kappa shape index (κ1) is 17.1. The van der Waals surface area contributed by atoms with Gasteiger partial charge in [-0.1, -0.05) is 0 Å². The highest BCUT2D eigenvalue weighted by atomic mass is 16.4. The number of carbonyl (C=O) groups is 4. The van der Waals surface area contributed by atoms with Gasteiger partial charge < -0.3 is 21.5 Å². The Morgan fingerprint density at radius 1 is 1.32 bits per heavy atom. The number of rotatable bonds is 8. The number of nitrogens with one attached hydrogen (secondary N) is 3. The summed E-state index contributed by atoms with van der Waals surface area (Å²) in [7, 11) is 0. The monoisotopic (exact) mass is 311 g/mol. The molecule has 10 nitrogen and oxygen atoms in total. The van der Waals surface area contributed by atoms with Gasteiger partial charge in [0, 0.05) is 18.7 Å². The maximum atomic E-state index is 11.7. The summed E-state index contributed by atoms with van der Waals surface area (Å²) in [6, 6.07) is -1.15. The molecule has 1 atom stereocenters. The molecule has 0 aromatic carbocycles. The number of aliphatic carboxylic acids is 1. The zero-order valence-electron chi connectivity index (χ0n) is 11.7. The molecule has 6 N–H and O–H groups in total. The Labute approximate surface area is 125 Å². The molecule has 0 spiro atoms. The third-order valence-corrected chi connectivity index (χ3v) is 2.82. The third kappa shape index (κ3) is 5.23.